The SMILES string of the molecule is CC(=O)N1CCCN(c2nc(C)ccc2N)CC1. The lowest BCUT2D eigenvalue weighted by molar-refractivity contribution is -0.128. The van der Waals surface area contributed by atoms with Crippen LogP contribution in [-0.2, 0) is 4.79 Å². The first-order valence-electron chi connectivity index (χ1n) is 6.31. The molecule has 0 atom stereocenters. The normalized spacial score (nSPS) is 16.6. The maximum atomic E-state index is 11.4. The summed E-state index contributed by atoms with van der Waals surface area (Å²) in [5, 5.41) is 0. The number of amides is 1. The Morgan fingerprint density at radius 1 is 1.28 bits per heavy atom. The van der Waals surface area contributed by atoms with Crippen LogP contribution in [0.3, 0.4) is 0 Å². The Morgan fingerprint density at radius 3 is 2.78 bits per heavy atom. The first-order chi connectivity index (χ1) is 8.58. The average Bonchev–Trinajstić information content (AvgIpc) is 2.58. The maximum absolute atomic E-state index is 11.4. The number of hydrogen-bond acceptors (Lipinski definition) is 4. The summed E-state index contributed by atoms with van der Waals surface area (Å²) in [5.74, 6) is 0.988. The van der Waals surface area contributed by atoms with E-state index < -0.39 is 0 Å². The van der Waals surface area contributed by atoms with Crippen LogP contribution in [0.5, 0.6) is 0 Å². The molecule has 0 spiro atoms. The number of nitrogens with zero attached hydrogens (tertiary/aromatic N) is 3. The number of carbonyl (C=O) groups excluding carboxylic acids is 1. The molecule has 1 aromatic heterocycles. The van der Waals surface area contributed by atoms with Gasteiger partial charge in [0.15, 0.2) is 5.82 Å². The smallest absolute Gasteiger partial charge is 0.219 e. The third-order valence-electron chi connectivity index (χ3n) is 3.29. The van der Waals surface area contributed by atoms with Gasteiger partial charge in [-0.25, -0.2) is 4.98 Å². The molecule has 0 unspecified atom stereocenters. The fraction of sp³-hybridized carbons (Fsp3) is 0.538. The summed E-state index contributed by atoms with van der Waals surface area (Å²) >= 11 is 0. The minimum absolute atomic E-state index is 0.141. The zero-order valence-electron chi connectivity index (χ0n) is 11.0. The van der Waals surface area contributed by atoms with E-state index in [-0.39, 0.29) is 5.91 Å². The highest BCUT2D eigenvalue weighted by molar-refractivity contribution is 5.73. The van der Waals surface area contributed by atoms with E-state index in [9.17, 15) is 4.79 Å². The molecule has 0 saturated carbocycles. The summed E-state index contributed by atoms with van der Waals surface area (Å²) < 4.78 is 0. The van der Waals surface area contributed by atoms with Crippen molar-refractivity contribution in [3.05, 3.63) is 17.8 Å². The van der Waals surface area contributed by atoms with Gasteiger partial charge in [-0.3, -0.25) is 4.79 Å². The molecule has 1 aliphatic rings. The molecule has 2 rings (SSSR count). The molecule has 0 bridgehead atoms. The summed E-state index contributed by atoms with van der Waals surface area (Å²) in [6.45, 7) is 6.82. The largest absolute Gasteiger partial charge is 0.396 e. The molecule has 1 amide bonds. The molecule has 2 heterocycles. The predicted octanol–water partition coefficient (Wildman–Crippen LogP) is 1.03. The Morgan fingerprint density at radius 2 is 2.06 bits per heavy atom. The van der Waals surface area contributed by atoms with Crippen molar-refractivity contribution >= 4 is 17.4 Å². The zero-order valence-corrected chi connectivity index (χ0v) is 11.0. The van der Waals surface area contributed by atoms with Gasteiger partial charge in [-0.15, -0.1) is 0 Å². The van der Waals surface area contributed by atoms with Crippen LogP contribution in [0, 0.1) is 6.92 Å². The third kappa shape index (κ3) is 2.72. The second-order valence-corrected chi connectivity index (χ2v) is 4.71. The zero-order chi connectivity index (χ0) is 13.1. The highest BCUT2D eigenvalue weighted by Gasteiger charge is 2.18. The van der Waals surface area contributed by atoms with E-state index in [1.807, 2.05) is 24.0 Å². The van der Waals surface area contributed by atoms with Crippen molar-refractivity contribution in [2.45, 2.75) is 20.3 Å². The quantitative estimate of drug-likeness (QED) is 0.806. The Bertz CT molecular complexity index is 447. The number of anilines is 2. The molecule has 5 heteroatoms. The molecular formula is C13H20N4O. The maximum Gasteiger partial charge on any atom is 0.219 e. The standard InChI is InChI=1S/C13H20N4O/c1-10-4-5-12(14)13(15-10)17-7-3-6-16(8-9-17)11(2)18/h4-5H,3,6-9,14H2,1-2H3. The van der Waals surface area contributed by atoms with Crippen LogP contribution in [-0.4, -0.2) is 42.0 Å². The lowest BCUT2D eigenvalue weighted by Gasteiger charge is -2.23. The number of carbonyl (C=O) groups is 1. The fourth-order valence-electron chi connectivity index (χ4n) is 2.25. The molecule has 2 N–H and O–H groups in total. The number of hydrogen-bond donors (Lipinski definition) is 1. The van der Waals surface area contributed by atoms with Gasteiger partial charge in [0.2, 0.25) is 5.91 Å². The average molecular weight is 248 g/mol. The van der Waals surface area contributed by atoms with E-state index in [2.05, 4.69) is 9.88 Å². The number of nitrogens with two attached hydrogens (primary N) is 1. The van der Waals surface area contributed by atoms with Crippen LogP contribution in [0.4, 0.5) is 11.5 Å². The van der Waals surface area contributed by atoms with Crippen LogP contribution >= 0.6 is 0 Å². The summed E-state index contributed by atoms with van der Waals surface area (Å²) in [6, 6.07) is 3.81. The molecule has 0 radical (unpaired) electrons. The first kappa shape index (κ1) is 12.7. The molecule has 1 aromatic rings. The Hall–Kier alpha value is -1.78. The van der Waals surface area contributed by atoms with E-state index >= 15 is 0 Å². The van der Waals surface area contributed by atoms with Gasteiger partial charge in [-0.1, -0.05) is 0 Å². The molecular weight excluding hydrogens is 228 g/mol. The lowest BCUT2D eigenvalue weighted by atomic mass is 10.3. The Kier molecular flexibility index (Phi) is 3.69. The fourth-order valence-corrected chi connectivity index (χ4v) is 2.25. The monoisotopic (exact) mass is 248 g/mol. The van der Waals surface area contributed by atoms with Crippen LogP contribution in [0.1, 0.15) is 19.0 Å². The summed E-state index contributed by atoms with van der Waals surface area (Å²) in [6.07, 6.45) is 0.953. The van der Waals surface area contributed by atoms with E-state index in [0.29, 0.717) is 5.69 Å². The molecule has 0 aromatic carbocycles. The van der Waals surface area contributed by atoms with Crippen molar-refractivity contribution in [2.24, 2.45) is 0 Å². The Labute approximate surface area is 108 Å². The van der Waals surface area contributed by atoms with E-state index in [0.717, 1.165) is 44.1 Å². The van der Waals surface area contributed by atoms with Crippen LogP contribution < -0.4 is 10.6 Å². The topological polar surface area (TPSA) is 62.5 Å². The van der Waals surface area contributed by atoms with Crippen molar-refractivity contribution in [3.8, 4) is 0 Å². The number of pyridine rings is 1. The molecule has 98 valence electrons. The predicted molar refractivity (Wildman–Crippen MR) is 72.5 cm³/mol. The summed E-state index contributed by atoms with van der Waals surface area (Å²) in [7, 11) is 0. The van der Waals surface area contributed by atoms with E-state index in [1.165, 1.54) is 0 Å². The first-order valence-corrected chi connectivity index (χ1v) is 6.31. The Balaban J connectivity index is 2.14. The van der Waals surface area contributed by atoms with Gasteiger partial charge in [0, 0.05) is 38.8 Å². The summed E-state index contributed by atoms with van der Waals surface area (Å²) in [4.78, 5) is 19.9. The minimum Gasteiger partial charge on any atom is -0.396 e. The van der Waals surface area contributed by atoms with Crippen molar-refractivity contribution in [2.75, 3.05) is 36.8 Å². The molecule has 1 fully saturated rings. The molecule has 1 aliphatic heterocycles. The van der Waals surface area contributed by atoms with E-state index in [1.54, 1.807) is 6.92 Å². The molecule has 0 aliphatic carbocycles. The van der Waals surface area contributed by atoms with Crippen LogP contribution in [0.25, 0.3) is 0 Å². The van der Waals surface area contributed by atoms with Crippen molar-refractivity contribution in [1.82, 2.24) is 9.88 Å². The van der Waals surface area contributed by atoms with Gasteiger partial charge in [0.1, 0.15) is 0 Å². The van der Waals surface area contributed by atoms with Gasteiger partial charge in [-0.2, -0.15) is 0 Å². The third-order valence-corrected chi connectivity index (χ3v) is 3.29. The highest BCUT2D eigenvalue weighted by atomic mass is 16.2. The molecule has 1 saturated heterocycles. The number of aryl methyl sites for hydroxylation is 1. The lowest BCUT2D eigenvalue weighted by Crippen LogP contribution is -2.34. The van der Waals surface area contributed by atoms with Gasteiger partial charge in [0.05, 0.1) is 5.69 Å². The van der Waals surface area contributed by atoms with Crippen molar-refractivity contribution in [3.63, 3.8) is 0 Å². The van der Waals surface area contributed by atoms with E-state index in [4.69, 9.17) is 5.73 Å². The summed E-state index contributed by atoms with van der Waals surface area (Å²) in [5.41, 5.74) is 7.65. The highest BCUT2D eigenvalue weighted by Crippen LogP contribution is 2.22. The number of rotatable bonds is 1. The van der Waals surface area contributed by atoms with Crippen LogP contribution in [0.15, 0.2) is 12.1 Å². The van der Waals surface area contributed by atoms with Crippen molar-refractivity contribution < 1.29 is 4.79 Å². The minimum atomic E-state index is 0.141. The van der Waals surface area contributed by atoms with Gasteiger partial charge in [-0.05, 0) is 25.5 Å². The van der Waals surface area contributed by atoms with Gasteiger partial charge < -0.3 is 15.5 Å². The second-order valence-electron chi connectivity index (χ2n) is 4.71. The van der Waals surface area contributed by atoms with Gasteiger partial charge in [0.25, 0.3) is 0 Å². The number of nitrogen functional groups attached to an aromatic ring is 1. The van der Waals surface area contributed by atoms with Crippen molar-refractivity contribution in [1.29, 1.82) is 0 Å². The molecule has 5 nitrogen and oxygen atoms in total. The van der Waals surface area contributed by atoms with Crippen LogP contribution in [0.2, 0.25) is 0 Å². The second kappa shape index (κ2) is 5.25. The number of aromatic nitrogens is 1. The molecule has 18 heavy (non-hydrogen) atoms. The van der Waals surface area contributed by atoms with Gasteiger partial charge >= 0.3 is 0 Å².